The second kappa shape index (κ2) is 4.79. The van der Waals surface area contributed by atoms with Gasteiger partial charge in [0.25, 0.3) is 11.8 Å². The van der Waals surface area contributed by atoms with Crippen molar-refractivity contribution < 1.29 is 18.7 Å². The minimum atomic E-state index is -0.547. The number of morpholine rings is 1. The number of amides is 2. The molecule has 0 atom stereocenters. The van der Waals surface area contributed by atoms with Gasteiger partial charge in [-0.1, -0.05) is 12.2 Å². The summed E-state index contributed by atoms with van der Waals surface area (Å²) < 4.78 is 17.9. The molecule has 0 unspecified atom stereocenters. The molecule has 1 fully saturated rings. The minimum absolute atomic E-state index is 0.0865. The molecule has 1 aliphatic rings. The predicted octanol–water partition coefficient (Wildman–Crippen LogP) is 0.350. The van der Waals surface area contributed by atoms with E-state index in [9.17, 15) is 14.0 Å². The maximum absolute atomic E-state index is 13.1. The van der Waals surface area contributed by atoms with Crippen LogP contribution in [0, 0.1) is 5.82 Å². The third-order valence-corrected chi connectivity index (χ3v) is 2.63. The summed E-state index contributed by atoms with van der Waals surface area (Å²) in [5.74, 6) is -1.61. The summed E-state index contributed by atoms with van der Waals surface area (Å²) in [7, 11) is 0. The normalized spacial score (nSPS) is 15.9. The molecule has 1 aromatic rings. The predicted molar refractivity (Wildman–Crippen MR) is 65.6 cm³/mol. The lowest BCUT2D eigenvalue weighted by Gasteiger charge is -2.26. The molecule has 0 aliphatic carbocycles. The SMILES string of the molecule is NC(=S)c1cc(F)ccc1N1C(=O)COCC1=O. The van der Waals surface area contributed by atoms with Gasteiger partial charge in [0.2, 0.25) is 0 Å². The number of carbonyl (C=O) groups is 2. The van der Waals surface area contributed by atoms with Gasteiger partial charge >= 0.3 is 0 Å². The van der Waals surface area contributed by atoms with E-state index in [0.29, 0.717) is 0 Å². The van der Waals surface area contributed by atoms with E-state index in [1.807, 2.05) is 0 Å². The first kappa shape index (κ1) is 12.6. The topological polar surface area (TPSA) is 72.6 Å². The lowest BCUT2D eigenvalue weighted by Crippen LogP contribution is -2.47. The number of thiocarbonyl (C=S) groups is 1. The highest BCUT2D eigenvalue weighted by atomic mass is 32.1. The Kier molecular flexibility index (Phi) is 3.35. The molecule has 94 valence electrons. The molecular formula is C11H9FN2O3S. The molecule has 18 heavy (non-hydrogen) atoms. The van der Waals surface area contributed by atoms with E-state index in [-0.39, 0.29) is 29.5 Å². The van der Waals surface area contributed by atoms with Gasteiger partial charge in [0.15, 0.2) is 0 Å². The molecule has 2 rings (SSSR count). The molecule has 2 N–H and O–H groups in total. The fourth-order valence-corrected chi connectivity index (χ4v) is 1.83. The average molecular weight is 268 g/mol. The van der Waals surface area contributed by atoms with Crippen LogP contribution in [0.25, 0.3) is 0 Å². The molecule has 0 saturated carbocycles. The van der Waals surface area contributed by atoms with E-state index >= 15 is 0 Å². The van der Waals surface area contributed by atoms with Crippen LogP contribution in [0.1, 0.15) is 5.56 Å². The summed E-state index contributed by atoms with van der Waals surface area (Å²) in [6.07, 6.45) is 0. The number of hydrogen-bond acceptors (Lipinski definition) is 4. The number of imide groups is 1. The number of benzene rings is 1. The number of nitrogens with zero attached hydrogens (tertiary/aromatic N) is 1. The number of halogens is 1. The summed E-state index contributed by atoms with van der Waals surface area (Å²) in [6, 6.07) is 3.52. The van der Waals surface area contributed by atoms with Crippen molar-refractivity contribution >= 4 is 34.7 Å². The molecule has 7 heteroatoms. The van der Waals surface area contributed by atoms with Gasteiger partial charge in [-0.15, -0.1) is 0 Å². The first-order valence-corrected chi connectivity index (χ1v) is 5.44. The van der Waals surface area contributed by atoms with Gasteiger partial charge in [-0.25, -0.2) is 9.29 Å². The van der Waals surface area contributed by atoms with E-state index < -0.39 is 17.6 Å². The van der Waals surface area contributed by atoms with Gasteiger partial charge < -0.3 is 10.5 Å². The first-order chi connectivity index (χ1) is 8.50. The summed E-state index contributed by atoms with van der Waals surface area (Å²) >= 11 is 4.79. The zero-order valence-corrected chi connectivity index (χ0v) is 10.00. The van der Waals surface area contributed by atoms with E-state index in [2.05, 4.69) is 0 Å². The van der Waals surface area contributed by atoms with Crippen LogP contribution in [-0.4, -0.2) is 30.0 Å². The maximum atomic E-state index is 13.1. The molecule has 0 bridgehead atoms. The van der Waals surface area contributed by atoms with E-state index in [1.54, 1.807) is 0 Å². The number of anilines is 1. The monoisotopic (exact) mass is 268 g/mol. The second-order valence-corrected chi connectivity index (χ2v) is 4.08. The van der Waals surface area contributed by atoms with Crippen LogP contribution in [0.4, 0.5) is 10.1 Å². The Morgan fingerprint density at radius 1 is 1.33 bits per heavy atom. The van der Waals surface area contributed by atoms with Crippen LogP contribution in [0.15, 0.2) is 18.2 Å². The molecule has 1 saturated heterocycles. The van der Waals surface area contributed by atoms with Gasteiger partial charge in [0, 0.05) is 5.56 Å². The van der Waals surface area contributed by atoms with Gasteiger partial charge in [-0.3, -0.25) is 9.59 Å². The summed E-state index contributed by atoms with van der Waals surface area (Å²) in [6.45, 7) is -0.417. The standard InChI is InChI=1S/C11H9FN2O3S/c12-6-1-2-8(7(3-6)11(13)18)14-9(15)4-17-5-10(14)16/h1-3H,4-5H2,(H2,13,18). The number of ether oxygens (including phenoxy) is 1. The van der Waals surface area contributed by atoms with Crippen molar-refractivity contribution in [1.82, 2.24) is 0 Å². The summed E-state index contributed by atoms with van der Waals surface area (Å²) in [5, 5.41) is 0. The Morgan fingerprint density at radius 2 is 1.94 bits per heavy atom. The summed E-state index contributed by atoms with van der Waals surface area (Å²) in [4.78, 5) is 24.2. The molecule has 0 spiro atoms. The molecule has 5 nitrogen and oxygen atoms in total. The average Bonchev–Trinajstić information content (AvgIpc) is 2.30. The van der Waals surface area contributed by atoms with Crippen LogP contribution in [-0.2, 0) is 14.3 Å². The van der Waals surface area contributed by atoms with Crippen LogP contribution in [0.5, 0.6) is 0 Å². The number of carbonyl (C=O) groups excluding carboxylic acids is 2. The smallest absolute Gasteiger partial charge is 0.259 e. The number of nitrogens with two attached hydrogens (primary N) is 1. The lowest BCUT2D eigenvalue weighted by atomic mass is 10.1. The third-order valence-electron chi connectivity index (χ3n) is 2.41. The Bertz CT molecular complexity index is 531. The highest BCUT2D eigenvalue weighted by molar-refractivity contribution is 7.80. The molecule has 1 heterocycles. The molecular weight excluding hydrogens is 259 g/mol. The largest absolute Gasteiger partial charge is 0.389 e. The quantitative estimate of drug-likeness (QED) is 0.619. The molecule has 0 radical (unpaired) electrons. The van der Waals surface area contributed by atoms with Crippen molar-refractivity contribution in [3.63, 3.8) is 0 Å². The second-order valence-electron chi connectivity index (χ2n) is 3.64. The Labute approximate surface area is 107 Å². The van der Waals surface area contributed by atoms with E-state index in [1.165, 1.54) is 6.07 Å². The first-order valence-electron chi connectivity index (χ1n) is 5.03. The van der Waals surface area contributed by atoms with Crippen LogP contribution in [0.2, 0.25) is 0 Å². The lowest BCUT2D eigenvalue weighted by molar-refractivity contribution is -0.138. The highest BCUT2D eigenvalue weighted by Crippen LogP contribution is 2.23. The van der Waals surface area contributed by atoms with E-state index in [4.69, 9.17) is 22.7 Å². The van der Waals surface area contributed by atoms with Crippen molar-refractivity contribution in [3.8, 4) is 0 Å². The summed E-state index contributed by atoms with van der Waals surface area (Å²) in [5.41, 5.74) is 5.79. The van der Waals surface area contributed by atoms with Crippen LogP contribution < -0.4 is 10.6 Å². The Morgan fingerprint density at radius 3 is 2.50 bits per heavy atom. The fourth-order valence-electron chi connectivity index (χ4n) is 1.66. The molecule has 1 aliphatic heterocycles. The minimum Gasteiger partial charge on any atom is -0.389 e. The number of rotatable bonds is 2. The molecule has 2 amide bonds. The zero-order valence-electron chi connectivity index (χ0n) is 9.18. The number of hydrogen-bond donors (Lipinski definition) is 1. The van der Waals surface area contributed by atoms with Crippen molar-refractivity contribution in [2.24, 2.45) is 5.73 Å². The van der Waals surface area contributed by atoms with Gasteiger partial charge in [-0.2, -0.15) is 0 Å². The molecule has 1 aromatic carbocycles. The Balaban J connectivity index is 2.52. The van der Waals surface area contributed by atoms with Crippen molar-refractivity contribution in [3.05, 3.63) is 29.6 Å². The zero-order chi connectivity index (χ0) is 13.3. The third kappa shape index (κ3) is 2.22. The Hall–Kier alpha value is -1.86. The van der Waals surface area contributed by atoms with Crippen molar-refractivity contribution in [1.29, 1.82) is 0 Å². The molecule has 0 aromatic heterocycles. The van der Waals surface area contributed by atoms with Gasteiger partial charge in [0.05, 0.1) is 5.69 Å². The van der Waals surface area contributed by atoms with Crippen LogP contribution in [0.3, 0.4) is 0 Å². The van der Waals surface area contributed by atoms with Crippen LogP contribution >= 0.6 is 12.2 Å². The fraction of sp³-hybridized carbons (Fsp3) is 0.182. The van der Waals surface area contributed by atoms with Gasteiger partial charge in [-0.05, 0) is 18.2 Å². The maximum Gasteiger partial charge on any atom is 0.259 e. The van der Waals surface area contributed by atoms with Gasteiger partial charge in [0.1, 0.15) is 24.0 Å². The van der Waals surface area contributed by atoms with Crippen molar-refractivity contribution in [2.75, 3.05) is 18.1 Å². The highest BCUT2D eigenvalue weighted by Gasteiger charge is 2.30. The van der Waals surface area contributed by atoms with E-state index in [0.717, 1.165) is 17.0 Å². The van der Waals surface area contributed by atoms with Crippen molar-refractivity contribution in [2.45, 2.75) is 0 Å².